The summed E-state index contributed by atoms with van der Waals surface area (Å²) in [5.41, 5.74) is 0.868. The van der Waals surface area contributed by atoms with Crippen molar-refractivity contribution >= 4 is 11.8 Å². The third-order valence-corrected chi connectivity index (χ3v) is 3.94. The number of nitrogens with zero attached hydrogens (tertiary/aromatic N) is 2. The van der Waals surface area contributed by atoms with E-state index in [1.54, 1.807) is 0 Å². The van der Waals surface area contributed by atoms with Crippen LogP contribution in [-0.4, -0.2) is 34.5 Å². The SMILES string of the molecule is O=C(CCc1nc(-c2ccccc2)no1)N[C@@H]1CCCCNC1=O. The summed E-state index contributed by atoms with van der Waals surface area (Å²) in [6, 6.07) is 9.06. The molecule has 7 nitrogen and oxygen atoms in total. The van der Waals surface area contributed by atoms with Crippen molar-refractivity contribution in [3.8, 4) is 11.4 Å². The second kappa shape index (κ2) is 7.72. The Kier molecular flexibility index (Phi) is 5.20. The van der Waals surface area contributed by atoms with Crippen molar-refractivity contribution in [3.05, 3.63) is 36.2 Å². The van der Waals surface area contributed by atoms with Crippen molar-refractivity contribution in [3.63, 3.8) is 0 Å². The lowest BCUT2D eigenvalue weighted by Crippen LogP contribution is -2.45. The Hall–Kier alpha value is -2.70. The molecule has 2 aromatic rings. The summed E-state index contributed by atoms with van der Waals surface area (Å²) in [7, 11) is 0. The maximum atomic E-state index is 12.0. The molecule has 1 aliphatic rings. The van der Waals surface area contributed by atoms with E-state index in [1.807, 2.05) is 30.3 Å². The minimum absolute atomic E-state index is 0.106. The summed E-state index contributed by atoms with van der Waals surface area (Å²) in [4.78, 5) is 28.1. The zero-order valence-corrected chi connectivity index (χ0v) is 13.3. The number of benzene rings is 1. The second-order valence-electron chi connectivity index (χ2n) is 5.78. The summed E-state index contributed by atoms with van der Waals surface area (Å²) >= 11 is 0. The lowest BCUT2D eigenvalue weighted by Gasteiger charge is -2.14. The number of rotatable bonds is 5. The number of hydrogen-bond donors (Lipinski definition) is 2. The van der Waals surface area contributed by atoms with E-state index in [-0.39, 0.29) is 18.2 Å². The highest BCUT2D eigenvalue weighted by Gasteiger charge is 2.22. The molecule has 1 atom stereocenters. The Balaban J connectivity index is 1.51. The van der Waals surface area contributed by atoms with Crippen LogP contribution in [0.25, 0.3) is 11.4 Å². The Labute approximate surface area is 139 Å². The lowest BCUT2D eigenvalue weighted by molar-refractivity contribution is -0.128. The Morgan fingerprint density at radius 1 is 1.29 bits per heavy atom. The average molecular weight is 328 g/mol. The Morgan fingerprint density at radius 3 is 2.96 bits per heavy atom. The summed E-state index contributed by atoms with van der Waals surface area (Å²) in [5.74, 6) is 0.630. The number of amides is 2. The summed E-state index contributed by atoms with van der Waals surface area (Å²) < 4.78 is 5.18. The zero-order chi connectivity index (χ0) is 16.8. The van der Waals surface area contributed by atoms with Crippen LogP contribution in [0.1, 0.15) is 31.6 Å². The molecular weight excluding hydrogens is 308 g/mol. The van der Waals surface area contributed by atoms with Crippen molar-refractivity contribution < 1.29 is 14.1 Å². The summed E-state index contributed by atoms with van der Waals surface area (Å²) in [6.45, 7) is 0.676. The number of hydrogen-bond acceptors (Lipinski definition) is 5. The number of aryl methyl sites for hydroxylation is 1. The van der Waals surface area contributed by atoms with Crippen LogP contribution in [0.5, 0.6) is 0 Å². The molecule has 0 saturated carbocycles. The third kappa shape index (κ3) is 4.18. The van der Waals surface area contributed by atoms with Crippen molar-refractivity contribution in [1.29, 1.82) is 0 Å². The van der Waals surface area contributed by atoms with Crippen molar-refractivity contribution in [2.24, 2.45) is 0 Å². The van der Waals surface area contributed by atoms with Gasteiger partial charge in [0.05, 0.1) is 0 Å². The molecule has 1 saturated heterocycles. The molecule has 0 unspecified atom stereocenters. The van der Waals surface area contributed by atoms with Gasteiger partial charge in [0, 0.05) is 24.9 Å². The zero-order valence-electron chi connectivity index (χ0n) is 13.3. The number of nitrogens with one attached hydrogen (secondary N) is 2. The van der Waals surface area contributed by atoms with E-state index in [1.165, 1.54) is 0 Å². The quantitative estimate of drug-likeness (QED) is 0.866. The van der Waals surface area contributed by atoms with E-state index in [2.05, 4.69) is 20.8 Å². The minimum Gasteiger partial charge on any atom is -0.354 e. The maximum absolute atomic E-state index is 12.0. The van der Waals surface area contributed by atoms with Crippen LogP contribution in [0.15, 0.2) is 34.9 Å². The van der Waals surface area contributed by atoms with E-state index in [0.29, 0.717) is 31.1 Å². The van der Waals surface area contributed by atoms with Gasteiger partial charge in [-0.1, -0.05) is 35.5 Å². The van der Waals surface area contributed by atoms with Crippen LogP contribution < -0.4 is 10.6 Å². The molecular formula is C17H20N4O3. The normalized spacial score (nSPS) is 17.8. The summed E-state index contributed by atoms with van der Waals surface area (Å²) in [6.07, 6.45) is 3.10. The first-order chi connectivity index (χ1) is 11.7. The molecule has 0 bridgehead atoms. The fourth-order valence-electron chi connectivity index (χ4n) is 2.62. The van der Waals surface area contributed by atoms with E-state index >= 15 is 0 Å². The molecule has 126 valence electrons. The molecule has 1 aromatic heterocycles. The number of carbonyl (C=O) groups excluding carboxylic acids is 2. The van der Waals surface area contributed by atoms with E-state index in [9.17, 15) is 9.59 Å². The van der Waals surface area contributed by atoms with Gasteiger partial charge in [-0.2, -0.15) is 4.98 Å². The maximum Gasteiger partial charge on any atom is 0.242 e. The number of carbonyl (C=O) groups is 2. The average Bonchev–Trinajstić information content (AvgIpc) is 2.99. The van der Waals surface area contributed by atoms with Crippen LogP contribution in [0, 0.1) is 0 Å². The van der Waals surface area contributed by atoms with Crippen LogP contribution in [0.2, 0.25) is 0 Å². The van der Waals surface area contributed by atoms with Crippen LogP contribution >= 0.6 is 0 Å². The monoisotopic (exact) mass is 328 g/mol. The topological polar surface area (TPSA) is 97.1 Å². The van der Waals surface area contributed by atoms with Gasteiger partial charge in [-0.15, -0.1) is 0 Å². The molecule has 0 radical (unpaired) electrons. The van der Waals surface area contributed by atoms with Gasteiger partial charge in [-0.25, -0.2) is 0 Å². The van der Waals surface area contributed by atoms with Crippen molar-refractivity contribution in [2.45, 2.75) is 38.1 Å². The van der Waals surface area contributed by atoms with E-state index < -0.39 is 6.04 Å². The second-order valence-corrected chi connectivity index (χ2v) is 5.78. The van der Waals surface area contributed by atoms with Crippen LogP contribution in [0.4, 0.5) is 0 Å². The first-order valence-electron chi connectivity index (χ1n) is 8.17. The summed E-state index contributed by atoms with van der Waals surface area (Å²) in [5, 5.41) is 9.50. The first kappa shape index (κ1) is 16.2. The highest BCUT2D eigenvalue weighted by atomic mass is 16.5. The van der Waals surface area contributed by atoms with Gasteiger partial charge in [0.2, 0.25) is 23.5 Å². The molecule has 0 aliphatic carbocycles. The predicted molar refractivity (Wildman–Crippen MR) is 86.8 cm³/mol. The van der Waals surface area contributed by atoms with E-state index in [0.717, 1.165) is 18.4 Å². The van der Waals surface area contributed by atoms with Crippen molar-refractivity contribution in [2.75, 3.05) is 6.54 Å². The largest absolute Gasteiger partial charge is 0.354 e. The molecule has 0 spiro atoms. The Bertz CT molecular complexity index is 699. The molecule has 1 aromatic carbocycles. The minimum atomic E-state index is -0.442. The molecule has 2 amide bonds. The molecule has 24 heavy (non-hydrogen) atoms. The fraction of sp³-hybridized carbons (Fsp3) is 0.412. The molecule has 2 N–H and O–H groups in total. The smallest absolute Gasteiger partial charge is 0.242 e. The van der Waals surface area contributed by atoms with Crippen molar-refractivity contribution in [1.82, 2.24) is 20.8 Å². The molecule has 1 fully saturated rings. The van der Waals surface area contributed by atoms with Gasteiger partial charge in [-0.05, 0) is 19.3 Å². The number of aromatic nitrogens is 2. The Morgan fingerprint density at radius 2 is 2.12 bits per heavy atom. The highest BCUT2D eigenvalue weighted by molar-refractivity contribution is 5.87. The van der Waals surface area contributed by atoms with Gasteiger partial charge >= 0.3 is 0 Å². The fourth-order valence-corrected chi connectivity index (χ4v) is 2.62. The van der Waals surface area contributed by atoms with Gasteiger partial charge in [0.25, 0.3) is 0 Å². The molecule has 7 heteroatoms. The van der Waals surface area contributed by atoms with Crippen LogP contribution in [0.3, 0.4) is 0 Å². The van der Waals surface area contributed by atoms with Gasteiger partial charge < -0.3 is 15.2 Å². The van der Waals surface area contributed by atoms with Gasteiger partial charge in [0.15, 0.2) is 0 Å². The van der Waals surface area contributed by atoms with Crippen LogP contribution in [-0.2, 0) is 16.0 Å². The molecule has 2 heterocycles. The van der Waals surface area contributed by atoms with Gasteiger partial charge in [-0.3, -0.25) is 9.59 Å². The predicted octanol–water partition coefficient (Wildman–Crippen LogP) is 1.45. The standard InChI is InChI=1S/C17H20N4O3/c22-14(19-13-8-4-5-11-18-17(13)23)9-10-15-20-16(21-24-15)12-6-2-1-3-7-12/h1-3,6-7,13H,4-5,8-11H2,(H,18,23)(H,19,22)/t13-/m1/s1. The first-order valence-corrected chi connectivity index (χ1v) is 8.17. The van der Waals surface area contributed by atoms with Gasteiger partial charge in [0.1, 0.15) is 6.04 Å². The third-order valence-electron chi connectivity index (χ3n) is 3.94. The molecule has 1 aliphatic heterocycles. The molecule has 3 rings (SSSR count). The lowest BCUT2D eigenvalue weighted by atomic mass is 10.1. The van der Waals surface area contributed by atoms with E-state index in [4.69, 9.17) is 4.52 Å². The highest BCUT2D eigenvalue weighted by Crippen LogP contribution is 2.15.